The molecule has 1 fully saturated rings. The van der Waals surface area contributed by atoms with Gasteiger partial charge in [-0.05, 0) is 50.7 Å². The van der Waals surface area contributed by atoms with Crippen LogP contribution in [0.3, 0.4) is 0 Å². The Bertz CT molecular complexity index is 495. The van der Waals surface area contributed by atoms with Crippen LogP contribution in [0, 0.1) is 12.8 Å². The van der Waals surface area contributed by atoms with Crippen LogP contribution in [0.4, 0.5) is 4.79 Å². The number of hydrogen-bond acceptors (Lipinski definition) is 4. The summed E-state index contributed by atoms with van der Waals surface area (Å²) in [6, 6.07) is 3.56. The van der Waals surface area contributed by atoms with Crippen LogP contribution in [0.1, 0.15) is 43.2 Å². The summed E-state index contributed by atoms with van der Waals surface area (Å²) in [5.74, 6) is 1.90. The lowest BCUT2D eigenvalue weighted by molar-refractivity contribution is 0.122. The van der Waals surface area contributed by atoms with E-state index in [4.69, 9.17) is 9.15 Å². The second-order valence-corrected chi connectivity index (χ2v) is 6.37. The van der Waals surface area contributed by atoms with E-state index in [1.165, 1.54) is 0 Å². The van der Waals surface area contributed by atoms with Crippen molar-refractivity contribution < 1.29 is 19.1 Å². The molecule has 6 heteroatoms. The summed E-state index contributed by atoms with van der Waals surface area (Å²) in [4.78, 5) is 14.3. The molecule has 1 heterocycles. The molecule has 1 aliphatic rings. The number of nitrogens with zero attached hydrogens (tertiary/aromatic N) is 1. The van der Waals surface area contributed by atoms with Crippen molar-refractivity contribution in [2.75, 3.05) is 27.4 Å². The molecule has 1 aromatic rings. The monoisotopic (exact) mass is 324 g/mol. The number of hydrogen-bond donors (Lipinski definition) is 2. The number of furan rings is 1. The van der Waals surface area contributed by atoms with E-state index in [-0.39, 0.29) is 24.7 Å². The first-order chi connectivity index (χ1) is 11.0. The van der Waals surface area contributed by atoms with Crippen molar-refractivity contribution in [2.45, 2.75) is 44.7 Å². The van der Waals surface area contributed by atoms with Gasteiger partial charge in [0, 0.05) is 26.8 Å². The summed E-state index contributed by atoms with van der Waals surface area (Å²) in [7, 11) is 3.44. The number of aryl methyl sites for hydroxylation is 1. The van der Waals surface area contributed by atoms with E-state index in [9.17, 15) is 9.90 Å². The van der Waals surface area contributed by atoms with Crippen LogP contribution in [-0.2, 0) is 4.74 Å². The smallest absolute Gasteiger partial charge is 0.318 e. The van der Waals surface area contributed by atoms with Gasteiger partial charge in [0.05, 0.1) is 6.61 Å². The molecule has 1 unspecified atom stereocenters. The molecule has 6 nitrogen and oxygen atoms in total. The zero-order chi connectivity index (χ0) is 16.8. The fraction of sp³-hybridized carbons (Fsp3) is 0.706. The van der Waals surface area contributed by atoms with Crippen molar-refractivity contribution in [1.82, 2.24) is 10.2 Å². The SMILES string of the molecule is COCC(NC(=O)N(C)C1CCC(CO)CC1)c1ccc(C)o1. The van der Waals surface area contributed by atoms with Gasteiger partial charge >= 0.3 is 6.03 Å². The molecule has 0 aromatic carbocycles. The highest BCUT2D eigenvalue weighted by Crippen LogP contribution is 2.27. The predicted molar refractivity (Wildman–Crippen MR) is 87.2 cm³/mol. The molecule has 2 rings (SSSR count). The van der Waals surface area contributed by atoms with E-state index < -0.39 is 0 Å². The predicted octanol–water partition coefficient (Wildman–Crippen LogP) is 2.47. The van der Waals surface area contributed by atoms with Crippen LogP contribution >= 0.6 is 0 Å². The topological polar surface area (TPSA) is 74.9 Å². The quantitative estimate of drug-likeness (QED) is 0.843. The van der Waals surface area contributed by atoms with Crippen LogP contribution in [0.25, 0.3) is 0 Å². The van der Waals surface area contributed by atoms with Crippen LogP contribution in [0.2, 0.25) is 0 Å². The average Bonchev–Trinajstić information content (AvgIpc) is 3.00. The van der Waals surface area contributed by atoms with Gasteiger partial charge in [-0.2, -0.15) is 0 Å². The van der Waals surface area contributed by atoms with Crippen molar-refractivity contribution in [3.63, 3.8) is 0 Å². The van der Waals surface area contributed by atoms with Gasteiger partial charge in [0.1, 0.15) is 17.6 Å². The zero-order valence-corrected chi connectivity index (χ0v) is 14.2. The number of nitrogens with one attached hydrogen (secondary N) is 1. The van der Waals surface area contributed by atoms with Crippen LogP contribution in [0.15, 0.2) is 16.5 Å². The van der Waals surface area contributed by atoms with Gasteiger partial charge < -0.3 is 24.5 Å². The molecule has 1 saturated carbocycles. The average molecular weight is 324 g/mol. The summed E-state index contributed by atoms with van der Waals surface area (Å²) >= 11 is 0. The highest BCUT2D eigenvalue weighted by molar-refractivity contribution is 5.74. The second kappa shape index (κ2) is 8.36. The lowest BCUT2D eigenvalue weighted by Crippen LogP contribution is -2.46. The number of carbonyl (C=O) groups excluding carboxylic acids is 1. The van der Waals surface area contributed by atoms with Gasteiger partial charge in [-0.25, -0.2) is 4.79 Å². The van der Waals surface area contributed by atoms with Crippen LogP contribution in [0.5, 0.6) is 0 Å². The standard InChI is InChI=1S/C17H28N2O4/c1-12-4-9-16(23-12)15(11-22-3)18-17(21)19(2)14-7-5-13(10-20)6-8-14/h4,9,13-15,20H,5-8,10-11H2,1-3H3,(H,18,21). The maximum absolute atomic E-state index is 12.5. The van der Waals surface area contributed by atoms with Gasteiger partial charge in [-0.1, -0.05) is 0 Å². The zero-order valence-electron chi connectivity index (χ0n) is 14.2. The first-order valence-corrected chi connectivity index (χ1v) is 8.24. The minimum atomic E-state index is -0.294. The Balaban J connectivity index is 1.93. The lowest BCUT2D eigenvalue weighted by Gasteiger charge is -2.34. The summed E-state index contributed by atoms with van der Waals surface area (Å²) in [5.41, 5.74) is 0. The second-order valence-electron chi connectivity index (χ2n) is 6.37. The van der Waals surface area contributed by atoms with Gasteiger partial charge in [-0.3, -0.25) is 0 Å². The third-order valence-corrected chi connectivity index (χ3v) is 4.68. The molecule has 2 N–H and O–H groups in total. The normalized spacial score (nSPS) is 22.6. The largest absolute Gasteiger partial charge is 0.464 e. The van der Waals surface area contributed by atoms with Crippen molar-refractivity contribution in [2.24, 2.45) is 5.92 Å². The van der Waals surface area contributed by atoms with Gasteiger partial charge in [-0.15, -0.1) is 0 Å². The molecule has 1 atom stereocenters. The molecule has 0 saturated heterocycles. The number of amides is 2. The summed E-state index contributed by atoms with van der Waals surface area (Å²) < 4.78 is 10.8. The summed E-state index contributed by atoms with van der Waals surface area (Å²) in [5, 5.41) is 12.2. The van der Waals surface area contributed by atoms with E-state index in [0.29, 0.717) is 18.3 Å². The van der Waals surface area contributed by atoms with Gasteiger partial charge in [0.15, 0.2) is 0 Å². The number of aliphatic hydroxyl groups is 1. The molecule has 23 heavy (non-hydrogen) atoms. The van der Waals surface area contributed by atoms with Crippen molar-refractivity contribution in [3.05, 3.63) is 23.7 Å². The molecule has 0 spiro atoms. The molecule has 0 aliphatic heterocycles. The van der Waals surface area contributed by atoms with Crippen LogP contribution < -0.4 is 5.32 Å². The molecular weight excluding hydrogens is 296 g/mol. The number of urea groups is 1. The Morgan fingerprint density at radius 2 is 2.13 bits per heavy atom. The molecule has 130 valence electrons. The Labute approximate surface area is 137 Å². The third kappa shape index (κ3) is 4.72. The molecule has 2 amide bonds. The summed E-state index contributed by atoms with van der Waals surface area (Å²) in [6.07, 6.45) is 3.81. The van der Waals surface area contributed by atoms with Crippen molar-refractivity contribution >= 4 is 6.03 Å². The minimum Gasteiger partial charge on any atom is -0.464 e. The van der Waals surface area contributed by atoms with Crippen molar-refractivity contribution in [1.29, 1.82) is 0 Å². The van der Waals surface area contributed by atoms with Gasteiger partial charge in [0.25, 0.3) is 0 Å². The highest BCUT2D eigenvalue weighted by atomic mass is 16.5. The van der Waals surface area contributed by atoms with Crippen molar-refractivity contribution in [3.8, 4) is 0 Å². The summed E-state index contributed by atoms with van der Waals surface area (Å²) in [6.45, 7) is 2.49. The molecule has 0 radical (unpaired) electrons. The highest BCUT2D eigenvalue weighted by Gasteiger charge is 2.28. The van der Waals surface area contributed by atoms with Gasteiger partial charge in [0.2, 0.25) is 0 Å². The Morgan fingerprint density at radius 1 is 1.43 bits per heavy atom. The number of methoxy groups -OCH3 is 1. The Kier molecular flexibility index (Phi) is 6.47. The molecule has 1 aliphatic carbocycles. The van der Waals surface area contributed by atoms with E-state index in [1.54, 1.807) is 12.0 Å². The van der Waals surface area contributed by atoms with Crippen LogP contribution in [-0.4, -0.2) is 49.5 Å². The number of rotatable bonds is 6. The number of aliphatic hydroxyl groups excluding tert-OH is 1. The third-order valence-electron chi connectivity index (χ3n) is 4.68. The Hall–Kier alpha value is -1.53. The molecule has 1 aromatic heterocycles. The van der Waals surface area contributed by atoms with E-state index >= 15 is 0 Å². The number of carbonyl (C=O) groups is 1. The van der Waals surface area contributed by atoms with E-state index in [1.807, 2.05) is 26.1 Å². The first kappa shape index (κ1) is 17.8. The fourth-order valence-corrected chi connectivity index (χ4v) is 3.13. The molecular formula is C17H28N2O4. The first-order valence-electron chi connectivity index (χ1n) is 8.24. The fourth-order valence-electron chi connectivity index (χ4n) is 3.13. The number of ether oxygens (including phenoxy) is 1. The maximum atomic E-state index is 12.5. The lowest BCUT2D eigenvalue weighted by atomic mass is 9.86. The maximum Gasteiger partial charge on any atom is 0.318 e. The minimum absolute atomic E-state index is 0.117. The van der Waals surface area contributed by atoms with E-state index in [2.05, 4.69) is 5.32 Å². The molecule has 0 bridgehead atoms. The Morgan fingerprint density at radius 3 is 2.65 bits per heavy atom. The van der Waals surface area contributed by atoms with E-state index in [0.717, 1.165) is 31.4 Å².